The average Bonchev–Trinajstić information content (AvgIpc) is 3.22. The Morgan fingerprint density at radius 1 is 1.17 bits per heavy atom. The second-order valence-corrected chi connectivity index (χ2v) is 6.83. The zero-order valence-electron chi connectivity index (χ0n) is 13.7. The van der Waals surface area contributed by atoms with Crippen LogP contribution in [0.15, 0.2) is 41.9 Å². The van der Waals surface area contributed by atoms with Crippen molar-refractivity contribution in [2.45, 2.75) is 6.92 Å². The number of rotatable bonds is 3. The lowest BCUT2D eigenvalue weighted by Crippen LogP contribution is -2.48. The van der Waals surface area contributed by atoms with Crippen molar-refractivity contribution >= 4 is 22.2 Å². The molecule has 0 saturated carbocycles. The third-order valence-electron chi connectivity index (χ3n) is 4.60. The number of nitrogens with zero attached hydrogens (tertiary/aromatic N) is 4. The van der Waals surface area contributed by atoms with Crippen molar-refractivity contribution in [3.63, 3.8) is 0 Å². The Hall–Kier alpha value is -2.18. The Labute approximate surface area is 145 Å². The summed E-state index contributed by atoms with van der Waals surface area (Å²) < 4.78 is 1.93. The molecule has 124 valence electrons. The molecule has 0 aliphatic carbocycles. The van der Waals surface area contributed by atoms with Gasteiger partial charge >= 0.3 is 0 Å². The molecule has 1 aliphatic rings. The molecule has 24 heavy (non-hydrogen) atoms. The Balaban J connectivity index is 1.61. The van der Waals surface area contributed by atoms with E-state index in [0.29, 0.717) is 0 Å². The molecule has 0 spiro atoms. The minimum atomic E-state index is 0.106. The van der Waals surface area contributed by atoms with Gasteiger partial charge in [0.1, 0.15) is 5.69 Å². The number of fused-ring (bicyclic) bond motifs is 1. The van der Waals surface area contributed by atoms with Crippen LogP contribution in [0.25, 0.3) is 16.2 Å². The van der Waals surface area contributed by atoms with Crippen LogP contribution in [0.4, 0.5) is 0 Å². The van der Waals surface area contributed by atoms with E-state index in [0.717, 1.165) is 54.6 Å². The number of piperazine rings is 1. The molecule has 1 aliphatic heterocycles. The molecule has 1 fully saturated rings. The number of benzene rings is 1. The summed E-state index contributed by atoms with van der Waals surface area (Å²) in [5.41, 5.74) is 2.70. The fraction of sp³-hybridized carbons (Fsp3) is 0.333. The topological polar surface area (TPSA) is 40.8 Å². The van der Waals surface area contributed by atoms with E-state index >= 15 is 0 Å². The quantitative estimate of drug-likeness (QED) is 0.736. The standard InChI is InChI=1S/C18H20N4OS/c1-2-20-8-10-21(11-9-20)17(23)16-13-24-18-19-15(12-22(16)18)14-6-4-3-5-7-14/h3-7,12-13H,2,8-11H2,1H3. The van der Waals surface area contributed by atoms with Gasteiger partial charge in [0.15, 0.2) is 4.96 Å². The molecule has 4 rings (SSSR count). The van der Waals surface area contributed by atoms with Crippen LogP contribution in [0.3, 0.4) is 0 Å². The number of imidazole rings is 1. The first-order chi connectivity index (χ1) is 11.8. The Morgan fingerprint density at radius 2 is 1.92 bits per heavy atom. The van der Waals surface area contributed by atoms with E-state index in [9.17, 15) is 4.79 Å². The van der Waals surface area contributed by atoms with Gasteiger partial charge in [0.2, 0.25) is 0 Å². The predicted molar refractivity (Wildman–Crippen MR) is 96.5 cm³/mol. The molecule has 0 bridgehead atoms. The summed E-state index contributed by atoms with van der Waals surface area (Å²) in [7, 11) is 0. The van der Waals surface area contributed by atoms with Gasteiger partial charge < -0.3 is 9.80 Å². The number of thiazole rings is 1. The van der Waals surface area contributed by atoms with Crippen LogP contribution in [-0.2, 0) is 0 Å². The monoisotopic (exact) mass is 340 g/mol. The summed E-state index contributed by atoms with van der Waals surface area (Å²) in [5, 5.41) is 1.92. The summed E-state index contributed by atoms with van der Waals surface area (Å²) in [4.78, 5) is 22.7. The maximum Gasteiger partial charge on any atom is 0.271 e. The summed E-state index contributed by atoms with van der Waals surface area (Å²) in [6.07, 6.45) is 1.97. The molecule has 1 saturated heterocycles. The van der Waals surface area contributed by atoms with Gasteiger partial charge in [-0.2, -0.15) is 0 Å². The predicted octanol–water partition coefficient (Wildman–Crippen LogP) is 2.84. The molecule has 6 heteroatoms. The highest BCUT2D eigenvalue weighted by Crippen LogP contribution is 2.24. The minimum absolute atomic E-state index is 0.106. The van der Waals surface area contributed by atoms with Crippen LogP contribution < -0.4 is 0 Å². The van der Waals surface area contributed by atoms with Crippen LogP contribution in [-0.4, -0.2) is 57.8 Å². The molecule has 0 radical (unpaired) electrons. The van der Waals surface area contributed by atoms with E-state index in [1.165, 1.54) is 11.3 Å². The third-order valence-corrected chi connectivity index (χ3v) is 5.44. The highest BCUT2D eigenvalue weighted by molar-refractivity contribution is 7.15. The van der Waals surface area contributed by atoms with Gasteiger partial charge in [0.05, 0.1) is 5.69 Å². The Kier molecular flexibility index (Phi) is 4.08. The Morgan fingerprint density at radius 3 is 2.62 bits per heavy atom. The lowest BCUT2D eigenvalue weighted by atomic mass is 10.2. The van der Waals surface area contributed by atoms with E-state index < -0.39 is 0 Å². The molecule has 5 nitrogen and oxygen atoms in total. The normalized spacial score (nSPS) is 16.0. The maximum atomic E-state index is 12.9. The zero-order valence-corrected chi connectivity index (χ0v) is 14.5. The second kappa shape index (κ2) is 6.37. The van der Waals surface area contributed by atoms with E-state index in [2.05, 4.69) is 16.8 Å². The minimum Gasteiger partial charge on any atom is -0.335 e. The average molecular weight is 340 g/mol. The molecular formula is C18H20N4OS. The maximum absolute atomic E-state index is 12.9. The molecule has 0 N–H and O–H groups in total. The van der Waals surface area contributed by atoms with Crippen LogP contribution in [0.5, 0.6) is 0 Å². The zero-order chi connectivity index (χ0) is 16.5. The SMILES string of the molecule is CCN1CCN(C(=O)c2csc3nc(-c4ccccc4)cn23)CC1. The molecule has 0 atom stereocenters. The third kappa shape index (κ3) is 2.72. The number of hydrogen-bond donors (Lipinski definition) is 0. The van der Waals surface area contributed by atoms with Crippen molar-refractivity contribution in [2.75, 3.05) is 32.7 Å². The van der Waals surface area contributed by atoms with Crippen LogP contribution in [0, 0.1) is 0 Å². The van der Waals surface area contributed by atoms with Crippen molar-refractivity contribution in [1.29, 1.82) is 0 Å². The van der Waals surface area contributed by atoms with Gasteiger partial charge in [0.25, 0.3) is 5.91 Å². The molecule has 3 heterocycles. The first-order valence-electron chi connectivity index (χ1n) is 8.30. The lowest BCUT2D eigenvalue weighted by Gasteiger charge is -2.33. The first kappa shape index (κ1) is 15.4. The fourth-order valence-electron chi connectivity index (χ4n) is 3.11. The number of aromatic nitrogens is 2. The van der Waals surface area contributed by atoms with E-state index in [1.807, 2.05) is 51.2 Å². The van der Waals surface area contributed by atoms with Gasteiger partial charge in [0, 0.05) is 43.3 Å². The highest BCUT2D eigenvalue weighted by atomic mass is 32.1. The lowest BCUT2D eigenvalue weighted by molar-refractivity contribution is 0.0637. The van der Waals surface area contributed by atoms with E-state index in [-0.39, 0.29) is 5.91 Å². The number of carbonyl (C=O) groups is 1. The van der Waals surface area contributed by atoms with Crippen molar-refractivity contribution < 1.29 is 4.79 Å². The van der Waals surface area contributed by atoms with Gasteiger partial charge in [-0.1, -0.05) is 37.3 Å². The molecule has 2 aromatic heterocycles. The fourth-order valence-corrected chi connectivity index (χ4v) is 3.96. The summed E-state index contributed by atoms with van der Waals surface area (Å²) in [6.45, 7) is 6.71. The van der Waals surface area contributed by atoms with Crippen molar-refractivity contribution in [3.8, 4) is 11.3 Å². The van der Waals surface area contributed by atoms with Gasteiger partial charge in [-0.3, -0.25) is 9.20 Å². The van der Waals surface area contributed by atoms with Crippen LogP contribution in [0.2, 0.25) is 0 Å². The smallest absolute Gasteiger partial charge is 0.271 e. The first-order valence-corrected chi connectivity index (χ1v) is 9.18. The largest absolute Gasteiger partial charge is 0.335 e. The number of carbonyl (C=O) groups excluding carboxylic acids is 1. The summed E-state index contributed by atoms with van der Waals surface area (Å²) >= 11 is 1.52. The number of hydrogen-bond acceptors (Lipinski definition) is 4. The van der Waals surface area contributed by atoms with Crippen LogP contribution in [0.1, 0.15) is 17.4 Å². The van der Waals surface area contributed by atoms with E-state index in [1.54, 1.807) is 0 Å². The van der Waals surface area contributed by atoms with Crippen molar-refractivity contribution in [3.05, 3.63) is 47.6 Å². The molecule has 0 unspecified atom stereocenters. The second-order valence-electron chi connectivity index (χ2n) is 5.99. The van der Waals surface area contributed by atoms with Gasteiger partial charge in [-0.05, 0) is 6.54 Å². The van der Waals surface area contributed by atoms with Crippen molar-refractivity contribution in [1.82, 2.24) is 19.2 Å². The van der Waals surface area contributed by atoms with Gasteiger partial charge in [-0.15, -0.1) is 11.3 Å². The van der Waals surface area contributed by atoms with Gasteiger partial charge in [-0.25, -0.2) is 4.98 Å². The molecule has 1 amide bonds. The summed E-state index contributed by atoms with van der Waals surface area (Å²) in [5.74, 6) is 0.106. The molecule has 3 aromatic rings. The Bertz CT molecular complexity index is 846. The van der Waals surface area contributed by atoms with E-state index in [4.69, 9.17) is 0 Å². The van der Waals surface area contributed by atoms with Crippen molar-refractivity contribution in [2.24, 2.45) is 0 Å². The highest BCUT2D eigenvalue weighted by Gasteiger charge is 2.24. The number of likely N-dealkylation sites (N-methyl/N-ethyl adjacent to an activating group) is 1. The summed E-state index contributed by atoms with van der Waals surface area (Å²) in [6, 6.07) is 10.1. The number of amides is 1. The van der Waals surface area contributed by atoms with Crippen LogP contribution >= 0.6 is 11.3 Å². The molecule has 1 aromatic carbocycles. The molecular weight excluding hydrogens is 320 g/mol.